The summed E-state index contributed by atoms with van der Waals surface area (Å²) in [4.78, 5) is 18.5. The largest absolute Gasteiger partial charge is 0.350 e. The Labute approximate surface area is 105 Å². The van der Waals surface area contributed by atoms with Crippen molar-refractivity contribution in [3.63, 3.8) is 0 Å². The number of nitrogens with zero attached hydrogens (tertiary/aromatic N) is 4. The van der Waals surface area contributed by atoms with Gasteiger partial charge >= 0.3 is 5.69 Å². The lowest BCUT2D eigenvalue weighted by Crippen LogP contribution is -2.37. The van der Waals surface area contributed by atoms with Crippen molar-refractivity contribution >= 4 is 11.6 Å². The summed E-state index contributed by atoms with van der Waals surface area (Å²) in [5, 5.41) is 6.50. The molecule has 0 aromatic carbocycles. The molecule has 0 aliphatic carbocycles. The highest BCUT2D eigenvalue weighted by Gasteiger charge is 2.21. The van der Waals surface area contributed by atoms with Gasteiger partial charge in [0.05, 0.1) is 0 Å². The second kappa shape index (κ2) is 4.12. The molecule has 1 aliphatic rings. The Morgan fingerprint density at radius 2 is 2.33 bits per heavy atom. The van der Waals surface area contributed by atoms with Gasteiger partial charge < -0.3 is 4.90 Å². The SMILES string of the molecule is Cc1cc2n[nH]c(=O)n2c(N2CCCC(C)C2)n1. The maximum atomic E-state index is 11.8. The molecule has 96 valence electrons. The van der Waals surface area contributed by atoms with Crippen molar-refractivity contribution in [1.82, 2.24) is 19.6 Å². The van der Waals surface area contributed by atoms with Crippen LogP contribution in [-0.2, 0) is 0 Å². The third-order valence-electron chi connectivity index (χ3n) is 3.45. The molecule has 1 atom stereocenters. The summed E-state index contributed by atoms with van der Waals surface area (Å²) >= 11 is 0. The van der Waals surface area contributed by atoms with Crippen LogP contribution in [0.5, 0.6) is 0 Å². The predicted octanol–water partition coefficient (Wildman–Crippen LogP) is 0.962. The van der Waals surface area contributed by atoms with Gasteiger partial charge in [-0.2, -0.15) is 5.10 Å². The minimum Gasteiger partial charge on any atom is -0.342 e. The van der Waals surface area contributed by atoms with Crippen LogP contribution in [0.25, 0.3) is 5.65 Å². The number of piperidine rings is 1. The molecular formula is C12H17N5O. The van der Waals surface area contributed by atoms with Crippen LogP contribution in [0.4, 0.5) is 5.95 Å². The van der Waals surface area contributed by atoms with Crippen LogP contribution in [0.3, 0.4) is 0 Å². The summed E-state index contributed by atoms with van der Waals surface area (Å²) in [6, 6.07) is 1.81. The molecule has 1 unspecified atom stereocenters. The van der Waals surface area contributed by atoms with Crippen molar-refractivity contribution in [2.75, 3.05) is 18.0 Å². The van der Waals surface area contributed by atoms with Crippen molar-refractivity contribution < 1.29 is 0 Å². The third kappa shape index (κ3) is 1.77. The summed E-state index contributed by atoms with van der Waals surface area (Å²) in [5.74, 6) is 1.36. The quantitative estimate of drug-likeness (QED) is 0.815. The number of nitrogens with one attached hydrogen (secondary N) is 1. The zero-order valence-corrected chi connectivity index (χ0v) is 10.7. The van der Waals surface area contributed by atoms with Crippen LogP contribution in [0, 0.1) is 12.8 Å². The number of hydrogen-bond acceptors (Lipinski definition) is 4. The molecule has 0 radical (unpaired) electrons. The average molecular weight is 247 g/mol. The Balaban J connectivity index is 2.15. The van der Waals surface area contributed by atoms with Gasteiger partial charge in [-0.25, -0.2) is 19.3 Å². The lowest BCUT2D eigenvalue weighted by Gasteiger charge is -2.31. The van der Waals surface area contributed by atoms with Crippen LogP contribution in [0.2, 0.25) is 0 Å². The number of H-pyrrole nitrogens is 1. The standard InChI is InChI=1S/C12H17N5O/c1-8-4-3-5-16(7-8)11-13-9(2)6-10-14-15-12(18)17(10)11/h6,8H,3-5,7H2,1-2H3,(H,15,18). The molecule has 0 saturated carbocycles. The zero-order valence-electron chi connectivity index (χ0n) is 10.7. The minimum absolute atomic E-state index is 0.217. The van der Waals surface area contributed by atoms with Crippen molar-refractivity contribution in [1.29, 1.82) is 0 Å². The molecular weight excluding hydrogens is 230 g/mol. The fourth-order valence-electron chi connectivity index (χ4n) is 2.61. The number of rotatable bonds is 1. The Morgan fingerprint density at radius 1 is 1.50 bits per heavy atom. The highest BCUT2D eigenvalue weighted by atomic mass is 16.1. The smallest absolute Gasteiger partial charge is 0.342 e. The van der Waals surface area contributed by atoms with E-state index >= 15 is 0 Å². The van der Waals surface area contributed by atoms with Gasteiger partial charge in [-0.15, -0.1) is 0 Å². The summed E-state index contributed by atoms with van der Waals surface area (Å²) in [6.45, 7) is 6.06. The summed E-state index contributed by atoms with van der Waals surface area (Å²) in [6.07, 6.45) is 2.39. The van der Waals surface area contributed by atoms with Gasteiger partial charge in [0.1, 0.15) is 0 Å². The Kier molecular flexibility index (Phi) is 2.57. The molecule has 0 spiro atoms. The second-order valence-corrected chi connectivity index (χ2v) is 5.11. The number of aryl methyl sites for hydroxylation is 1. The third-order valence-corrected chi connectivity index (χ3v) is 3.45. The molecule has 1 N–H and O–H groups in total. The van der Waals surface area contributed by atoms with E-state index in [9.17, 15) is 4.79 Å². The molecule has 2 aromatic rings. The fourth-order valence-corrected chi connectivity index (χ4v) is 2.61. The zero-order chi connectivity index (χ0) is 12.7. The number of anilines is 1. The van der Waals surface area contributed by atoms with E-state index in [0.29, 0.717) is 11.6 Å². The number of hydrogen-bond donors (Lipinski definition) is 1. The van der Waals surface area contributed by atoms with E-state index in [4.69, 9.17) is 0 Å². The number of aromatic nitrogens is 4. The normalized spacial score (nSPS) is 20.6. The topological polar surface area (TPSA) is 66.3 Å². The molecule has 1 fully saturated rings. The average Bonchev–Trinajstić information content (AvgIpc) is 2.70. The van der Waals surface area contributed by atoms with E-state index in [-0.39, 0.29) is 5.69 Å². The molecule has 1 saturated heterocycles. The highest BCUT2D eigenvalue weighted by Crippen LogP contribution is 2.21. The van der Waals surface area contributed by atoms with E-state index in [1.54, 1.807) is 4.40 Å². The lowest BCUT2D eigenvalue weighted by molar-refractivity contribution is 0.440. The van der Waals surface area contributed by atoms with Crippen LogP contribution < -0.4 is 10.6 Å². The van der Waals surface area contributed by atoms with E-state index in [2.05, 4.69) is 27.0 Å². The molecule has 6 heteroatoms. The van der Waals surface area contributed by atoms with Crippen molar-refractivity contribution in [2.45, 2.75) is 26.7 Å². The highest BCUT2D eigenvalue weighted by molar-refractivity contribution is 5.47. The Bertz CT molecular complexity index is 629. The van der Waals surface area contributed by atoms with E-state index in [0.717, 1.165) is 31.2 Å². The summed E-state index contributed by atoms with van der Waals surface area (Å²) in [7, 11) is 0. The van der Waals surface area contributed by atoms with Crippen molar-refractivity contribution in [2.24, 2.45) is 5.92 Å². The Hall–Kier alpha value is -1.85. The van der Waals surface area contributed by atoms with Crippen LogP contribution in [0.1, 0.15) is 25.5 Å². The first kappa shape index (κ1) is 11.3. The van der Waals surface area contributed by atoms with Gasteiger partial charge in [-0.1, -0.05) is 6.92 Å². The maximum absolute atomic E-state index is 11.8. The minimum atomic E-state index is -0.217. The first-order chi connectivity index (χ1) is 8.65. The first-order valence-corrected chi connectivity index (χ1v) is 6.35. The molecule has 3 heterocycles. The predicted molar refractivity (Wildman–Crippen MR) is 69.0 cm³/mol. The van der Waals surface area contributed by atoms with Gasteiger partial charge in [0.2, 0.25) is 5.95 Å². The van der Waals surface area contributed by atoms with Crippen molar-refractivity contribution in [3.8, 4) is 0 Å². The monoisotopic (exact) mass is 247 g/mol. The molecule has 18 heavy (non-hydrogen) atoms. The second-order valence-electron chi connectivity index (χ2n) is 5.11. The van der Waals surface area contributed by atoms with Gasteiger partial charge in [0.15, 0.2) is 5.65 Å². The van der Waals surface area contributed by atoms with Gasteiger partial charge in [-0.05, 0) is 25.7 Å². The first-order valence-electron chi connectivity index (χ1n) is 6.35. The van der Waals surface area contributed by atoms with Crippen LogP contribution in [0.15, 0.2) is 10.9 Å². The fraction of sp³-hybridized carbons (Fsp3) is 0.583. The van der Waals surface area contributed by atoms with Crippen molar-refractivity contribution in [3.05, 3.63) is 22.2 Å². The molecule has 3 rings (SSSR count). The van der Waals surface area contributed by atoms with E-state index in [1.165, 1.54) is 6.42 Å². The van der Waals surface area contributed by atoms with E-state index in [1.807, 2.05) is 13.0 Å². The number of aromatic amines is 1. The molecule has 0 amide bonds. The number of fused-ring (bicyclic) bond motifs is 1. The van der Waals surface area contributed by atoms with Gasteiger partial charge in [0, 0.05) is 24.8 Å². The van der Waals surface area contributed by atoms with Gasteiger partial charge in [-0.3, -0.25) is 0 Å². The molecule has 1 aliphatic heterocycles. The molecule has 6 nitrogen and oxygen atoms in total. The molecule has 0 bridgehead atoms. The lowest BCUT2D eigenvalue weighted by atomic mass is 10.0. The molecule has 2 aromatic heterocycles. The summed E-state index contributed by atoms with van der Waals surface area (Å²) in [5.41, 5.74) is 1.31. The van der Waals surface area contributed by atoms with Crippen LogP contribution >= 0.6 is 0 Å². The Morgan fingerprint density at radius 3 is 3.11 bits per heavy atom. The van der Waals surface area contributed by atoms with E-state index < -0.39 is 0 Å². The van der Waals surface area contributed by atoms with Crippen LogP contribution in [-0.4, -0.2) is 32.7 Å². The van der Waals surface area contributed by atoms with Gasteiger partial charge in [0.25, 0.3) is 0 Å². The summed E-state index contributed by atoms with van der Waals surface area (Å²) < 4.78 is 1.56. The maximum Gasteiger partial charge on any atom is 0.350 e.